The van der Waals surface area contributed by atoms with Gasteiger partial charge in [-0.15, -0.1) is 11.3 Å². The van der Waals surface area contributed by atoms with E-state index < -0.39 is 0 Å². The number of fused-ring (bicyclic) bond motifs is 1. The predicted octanol–water partition coefficient (Wildman–Crippen LogP) is 4.43. The van der Waals surface area contributed by atoms with Crippen LogP contribution in [-0.2, 0) is 4.79 Å². The summed E-state index contributed by atoms with van der Waals surface area (Å²) >= 11 is 6.84. The first-order chi connectivity index (χ1) is 11.5. The van der Waals surface area contributed by atoms with Crippen molar-refractivity contribution in [2.24, 2.45) is 5.92 Å². The molecule has 0 aliphatic heterocycles. The maximum absolute atomic E-state index is 11.7. The van der Waals surface area contributed by atoms with Gasteiger partial charge < -0.3 is 10.6 Å². The van der Waals surface area contributed by atoms with Crippen molar-refractivity contribution in [2.75, 3.05) is 5.32 Å². The average Bonchev–Trinajstić information content (AvgIpc) is 2.99. The summed E-state index contributed by atoms with van der Waals surface area (Å²) in [5.41, 5.74) is 2.83. The number of carbonyl (C=O) groups is 1. The third-order valence-corrected chi connectivity index (χ3v) is 4.71. The Morgan fingerprint density at radius 1 is 1.17 bits per heavy atom. The number of aromatic nitrogens is 1. The molecule has 6 heteroatoms. The molecule has 2 N–H and O–H groups in total. The van der Waals surface area contributed by atoms with E-state index in [-0.39, 0.29) is 11.8 Å². The van der Waals surface area contributed by atoms with Crippen molar-refractivity contribution in [1.29, 1.82) is 0 Å². The highest BCUT2D eigenvalue weighted by molar-refractivity contribution is 7.80. The van der Waals surface area contributed by atoms with Gasteiger partial charge in [-0.2, -0.15) is 0 Å². The molecule has 3 rings (SSSR count). The van der Waals surface area contributed by atoms with E-state index in [2.05, 4.69) is 21.7 Å². The van der Waals surface area contributed by atoms with Crippen LogP contribution in [0.3, 0.4) is 0 Å². The molecule has 0 bridgehead atoms. The third kappa shape index (κ3) is 3.77. The van der Waals surface area contributed by atoms with Crippen molar-refractivity contribution in [3.63, 3.8) is 0 Å². The number of hydrogen-bond donors (Lipinski definition) is 2. The Kier molecular flexibility index (Phi) is 4.87. The maximum Gasteiger partial charge on any atom is 0.228 e. The normalized spacial score (nSPS) is 10.8. The quantitative estimate of drug-likeness (QED) is 0.682. The molecule has 0 spiro atoms. The number of hydrogen-bond acceptors (Lipinski definition) is 4. The number of nitrogens with one attached hydrogen (secondary N) is 2. The molecule has 1 aromatic heterocycles. The number of thiazole rings is 1. The minimum Gasteiger partial charge on any atom is -0.332 e. The molecule has 0 saturated heterocycles. The lowest BCUT2D eigenvalue weighted by Crippen LogP contribution is -2.36. The Labute approximate surface area is 149 Å². The lowest BCUT2D eigenvalue weighted by atomic mass is 10.2. The Bertz CT molecular complexity index is 869. The van der Waals surface area contributed by atoms with Crippen LogP contribution in [0.4, 0.5) is 5.69 Å². The van der Waals surface area contributed by atoms with Gasteiger partial charge in [-0.25, -0.2) is 4.98 Å². The summed E-state index contributed by atoms with van der Waals surface area (Å²) in [5, 5.41) is 6.98. The van der Waals surface area contributed by atoms with Gasteiger partial charge in [0.2, 0.25) is 5.91 Å². The van der Waals surface area contributed by atoms with Crippen LogP contribution in [0.15, 0.2) is 48.5 Å². The average molecular weight is 355 g/mol. The predicted molar refractivity (Wildman–Crippen MR) is 104 cm³/mol. The third-order valence-electron chi connectivity index (χ3n) is 3.42. The molecule has 0 unspecified atom stereocenters. The molecular weight excluding hydrogens is 338 g/mol. The van der Waals surface area contributed by atoms with Gasteiger partial charge in [-0.3, -0.25) is 4.79 Å². The fourth-order valence-corrected chi connectivity index (χ4v) is 3.32. The maximum atomic E-state index is 11.7. The topological polar surface area (TPSA) is 54.0 Å². The van der Waals surface area contributed by atoms with Crippen molar-refractivity contribution in [3.05, 3.63) is 48.5 Å². The Morgan fingerprint density at radius 3 is 2.71 bits per heavy atom. The number of thiocarbonyl (C=S) groups is 1. The molecule has 0 atom stereocenters. The van der Waals surface area contributed by atoms with Gasteiger partial charge in [0, 0.05) is 17.2 Å². The Morgan fingerprint density at radius 2 is 1.96 bits per heavy atom. The number of nitrogens with zero attached hydrogens (tertiary/aromatic N) is 1. The number of carbonyl (C=O) groups excluding carboxylic acids is 1. The fourth-order valence-electron chi connectivity index (χ4n) is 2.14. The number of benzene rings is 2. The van der Waals surface area contributed by atoms with Crippen molar-refractivity contribution >= 4 is 50.5 Å². The van der Waals surface area contributed by atoms with Gasteiger partial charge in [0.1, 0.15) is 5.01 Å². The minimum atomic E-state index is -0.112. The molecule has 0 saturated carbocycles. The van der Waals surface area contributed by atoms with Crippen molar-refractivity contribution < 1.29 is 4.79 Å². The van der Waals surface area contributed by atoms with E-state index in [1.807, 2.05) is 56.3 Å². The van der Waals surface area contributed by atoms with Gasteiger partial charge in [0.25, 0.3) is 0 Å². The molecular formula is C18H17N3OS2. The lowest BCUT2D eigenvalue weighted by molar-refractivity contribution is -0.122. The van der Waals surface area contributed by atoms with Crippen LogP contribution >= 0.6 is 23.6 Å². The monoisotopic (exact) mass is 355 g/mol. The van der Waals surface area contributed by atoms with E-state index in [9.17, 15) is 4.79 Å². The lowest BCUT2D eigenvalue weighted by Gasteiger charge is -2.11. The SMILES string of the molecule is CC(C)C(=O)NC(=S)Nc1cccc(-c2nc3ccccc3s2)c1. The smallest absolute Gasteiger partial charge is 0.228 e. The zero-order valence-corrected chi connectivity index (χ0v) is 15.0. The van der Waals surface area contributed by atoms with Gasteiger partial charge in [0.05, 0.1) is 10.2 Å². The highest BCUT2D eigenvalue weighted by atomic mass is 32.1. The summed E-state index contributed by atoms with van der Waals surface area (Å²) < 4.78 is 1.16. The number of amides is 1. The summed E-state index contributed by atoms with van der Waals surface area (Å²) in [6, 6.07) is 15.9. The van der Waals surface area contributed by atoms with Gasteiger partial charge in [-0.1, -0.05) is 38.1 Å². The molecule has 3 aromatic rings. The number of rotatable bonds is 3. The summed E-state index contributed by atoms with van der Waals surface area (Å²) in [6.45, 7) is 3.65. The molecule has 0 aliphatic rings. The molecule has 122 valence electrons. The van der Waals surface area contributed by atoms with Gasteiger partial charge in [0.15, 0.2) is 5.11 Å². The van der Waals surface area contributed by atoms with E-state index in [0.717, 1.165) is 26.5 Å². The van der Waals surface area contributed by atoms with Gasteiger partial charge >= 0.3 is 0 Å². The zero-order valence-electron chi connectivity index (χ0n) is 13.4. The summed E-state index contributed by atoms with van der Waals surface area (Å²) in [5.74, 6) is -0.214. The van der Waals surface area contributed by atoms with Crippen molar-refractivity contribution in [3.8, 4) is 10.6 Å². The van der Waals surface area contributed by atoms with Crippen LogP contribution in [-0.4, -0.2) is 16.0 Å². The van der Waals surface area contributed by atoms with Crippen LogP contribution in [0.5, 0.6) is 0 Å². The summed E-state index contributed by atoms with van der Waals surface area (Å²) in [4.78, 5) is 16.3. The van der Waals surface area contributed by atoms with Crippen LogP contribution < -0.4 is 10.6 Å². The molecule has 1 heterocycles. The largest absolute Gasteiger partial charge is 0.332 e. The summed E-state index contributed by atoms with van der Waals surface area (Å²) in [6.07, 6.45) is 0. The van der Waals surface area contributed by atoms with Crippen molar-refractivity contribution in [1.82, 2.24) is 10.3 Å². The van der Waals surface area contributed by atoms with Crippen LogP contribution in [0.2, 0.25) is 0 Å². The second-order valence-corrected chi connectivity index (χ2v) is 7.10. The second kappa shape index (κ2) is 7.07. The van der Waals surface area contributed by atoms with E-state index in [0.29, 0.717) is 5.11 Å². The van der Waals surface area contributed by atoms with Crippen LogP contribution in [0.1, 0.15) is 13.8 Å². The van der Waals surface area contributed by atoms with E-state index >= 15 is 0 Å². The zero-order chi connectivity index (χ0) is 17.1. The minimum absolute atomic E-state index is 0.102. The Balaban J connectivity index is 1.79. The summed E-state index contributed by atoms with van der Waals surface area (Å²) in [7, 11) is 0. The standard InChI is InChI=1S/C18H17N3OS2/c1-11(2)16(22)21-18(23)19-13-7-5-6-12(10-13)17-20-14-8-3-4-9-15(14)24-17/h3-11H,1-2H3,(H2,19,21,22,23). The fraction of sp³-hybridized carbons (Fsp3) is 0.167. The first kappa shape index (κ1) is 16.5. The molecule has 2 aromatic carbocycles. The highest BCUT2D eigenvalue weighted by Gasteiger charge is 2.10. The van der Waals surface area contributed by atoms with Crippen LogP contribution in [0.25, 0.3) is 20.8 Å². The molecule has 4 nitrogen and oxygen atoms in total. The van der Waals surface area contributed by atoms with E-state index in [1.165, 1.54) is 0 Å². The number of anilines is 1. The molecule has 1 amide bonds. The van der Waals surface area contributed by atoms with Crippen LogP contribution in [0, 0.1) is 5.92 Å². The molecule has 0 fully saturated rings. The second-order valence-electron chi connectivity index (χ2n) is 5.67. The first-order valence-corrected chi connectivity index (χ1v) is 8.83. The Hall–Kier alpha value is -2.31. The molecule has 24 heavy (non-hydrogen) atoms. The highest BCUT2D eigenvalue weighted by Crippen LogP contribution is 2.31. The molecule has 0 aliphatic carbocycles. The van der Waals surface area contributed by atoms with Gasteiger partial charge in [-0.05, 0) is 36.5 Å². The van der Waals surface area contributed by atoms with E-state index in [1.54, 1.807) is 11.3 Å². The molecule has 0 radical (unpaired) electrons. The van der Waals surface area contributed by atoms with E-state index in [4.69, 9.17) is 12.2 Å². The first-order valence-electron chi connectivity index (χ1n) is 7.61. The van der Waals surface area contributed by atoms with Crippen molar-refractivity contribution in [2.45, 2.75) is 13.8 Å². The number of para-hydroxylation sites is 1.